The van der Waals surface area contributed by atoms with Gasteiger partial charge in [0, 0.05) is 6.42 Å². The standard InChI is InChI=1S/C11H19NO2/c1-2-11(12(13)14)9-10-7-5-3-4-6-8-10/h9-10H,2-8H2,1H3. The summed E-state index contributed by atoms with van der Waals surface area (Å²) in [7, 11) is 0. The second kappa shape index (κ2) is 5.78. The maximum absolute atomic E-state index is 10.6. The molecule has 0 aliphatic heterocycles. The lowest BCUT2D eigenvalue weighted by molar-refractivity contribution is -0.428. The van der Waals surface area contributed by atoms with Crippen molar-refractivity contribution in [2.75, 3.05) is 0 Å². The van der Waals surface area contributed by atoms with Crippen molar-refractivity contribution in [1.82, 2.24) is 0 Å². The molecule has 0 bridgehead atoms. The molecular weight excluding hydrogens is 178 g/mol. The van der Waals surface area contributed by atoms with Gasteiger partial charge in [-0.15, -0.1) is 0 Å². The molecule has 0 spiro atoms. The molecule has 0 aromatic carbocycles. The highest BCUT2D eigenvalue weighted by Crippen LogP contribution is 2.25. The fraction of sp³-hybridized carbons (Fsp3) is 0.818. The summed E-state index contributed by atoms with van der Waals surface area (Å²) in [6, 6.07) is 0. The van der Waals surface area contributed by atoms with Crippen molar-refractivity contribution in [2.24, 2.45) is 5.92 Å². The van der Waals surface area contributed by atoms with E-state index < -0.39 is 0 Å². The summed E-state index contributed by atoms with van der Waals surface area (Å²) in [5, 5.41) is 10.6. The predicted molar refractivity (Wildman–Crippen MR) is 56.6 cm³/mol. The number of hydrogen-bond donors (Lipinski definition) is 0. The van der Waals surface area contributed by atoms with Gasteiger partial charge in [-0.3, -0.25) is 10.1 Å². The summed E-state index contributed by atoms with van der Waals surface area (Å²) in [6.07, 6.45) is 9.77. The molecule has 1 saturated carbocycles. The second-order valence-electron chi connectivity index (χ2n) is 4.02. The van der Waals surface area contributed by atoms with Crippen molar-refractivity contribution >= 4 is 0 Å². The Morgan fingerprint density at radius 1 is 1.36 bits per heavy atom. The van der Waals surface area contributed by atoms with Crippen LogP contribution in [0, 0.1) is 16.0 Å². The number of hydrogen-bond acceptors (Lipinski definition) is 2. The number of nitro groups is 1. The predicted octanol–water partition coefficient (Wildman–Crippen LogP) is 3.53. The molecule has 3 heteroatoms. The fourth-order valence-corrected chi connectivity index (χ4v) is 2.06. The molecule has 0 unspecified atom stereocenters. The minimum Gasteiger partial charge on any atom is -0.259 e. The first-order valence-electron chi connectivity index (χ1n) is 5.59. The fourth-order valence-electron chi connectivity index (χ4n) is 2.06. The van der Waals surface area contributed by atoms with Crippen LogP contribution in [0.3, 0.4) is 0 Å². The molecule has 0 amide bonds. The van der Waals surface area contributed by atoms with Gasteiger partial charge < -0.3 is 0 Å². The lowest BCUT2D eigenvalue weighted by Gasteiger charge is -2.07. The van der Waals surface area contributed by atoms with E-state index in [-0.39, 0.29) is 4.92 Å². The van der Waals surface area contributed by atoms with Crippen molar-refractivity contribution in [3.8, 4) is 0 Å². The van der Waals surface area contributed by atoms with Crippen molar-refractivity contribution < 1.29 is 4.92 Å². The van der Waals surface area contributed by atoms with Gasteiger partial charge in [0.2, 0.25) is 5.70 Å². The van der Waals surface area contributed by atoms with Gasteiger partial charge in [-0.05, 0) is 24.8 Å². The SMILES string of the molecule is CCC(=CC1CCCCCC1)[N+](=O)[O-]. The molecule has 0 aromatic heterocycles. The highest BCUT2D eigenvalue weighted by atomic mass is 16.6. The molecular formula is C11H19NO2. The highest BCUT2D eigenvalue weighted by Gasteiger charge is 2.14. The maximum Gasteiger partial charge on any atom is 0.242 e. The van der Waals surface area contributed by atoms with Gasteiger partial charge in [-0.1, -0.05) is 32.6 Å². The Hall–Kier alpha value is -0.860. The normalized spacial score (nSPS) is 20.5. The molecule has 1 aliphatic rings. The first-order chi connectivity index (χ1) is 6.74. The molecule has 3 nitrogen and oxygen atoms in total. The van der Waals surface area contributed by atoms with E-state index in [1.807, 2.05) is 13.0 Å². The Balaban J connectivity index is 2.57. The van der Waals surface area contributed by atoms with Crippen molar-refractivity contribution in [3.63, 3.8) is 0 Å². The zero-order valence-corrected chi connectivity index (χ0v) is 8.87. The first kappa shape index (κ1) is 11.2. The van der Waals surface area contributed by atoms with E-state index in [9.17, 15) is 10.1 Å². The van der Waals surface area contributed by atoms with Crippen LogP contribution in [0.25, 0.3) is 0 Å². The molecule has 0 saturated heterocycles. The zero-order valence-electron chi connectivity index (χ0n) is 8.87. The Bertz CT molecular complexity index is 215. The summed E-state index contributed by atoms with van der Waals surface area (Å²) in [6.45, 7) is 1.85. The largest absolute Gasteiger partial charge is 0.259 e. The van der Waals surface area contributed by atoms with Gasteiger partial charge in [0.25, 0.3) is 0 Å². The molecule has 0 aromatic rings. The Morgan fingerprint density at radius 3 is 2.36 bits per heavy atom. The molecule has 80 valence electrons. The zero-order chi connectivity index (χ0) is 10.4. The van der Waals surface area contributed by atoms with Crippen molar-refractivity contribution in [1.29, 1.82) is 0 Å². The van der Waals surface area contributed by atoms with Crippen LogP contribution in [0.5, 0.6) is 0 Å². The van der Waals surface area contributed by atoms with E-state index in [1.54, 1.807) is 0 Å². The average Bonchev–Trinajstić information content (AvgIpc) is 2.41. The monoisotopic (exact) mass is 197 g/mol. The molecule has 0 radical (unpaired) electrons. The van der Waals surface area contributed by atoms with E-state index >= 15 is 0 Å². The topological polar surface area (TPSA) is 43.1 Å². The van der Waals surface area contributed by atoms with E-state index in [0.717, 1.165) is 12.8 Å². The molecule has 1 rings (SSSR count). The van der Waals surface area contributed by atoms with Crippen LogP contribution in [-0.2, 0) is 0 Å². The second-order valence-corrected chi connectivity index (χ2v) is 4.02. The molecule has 0 N–H and O–H groups in total. The summed E-state index contributed by atoms with van der Waals surface area (Å²) in [5.74, 6) is 0.456. The Kier molecular flexibility index (Phi) is 4.63. The lowest BCUT2D eigenvalue weighted by atomic mass is 9.99. The molecule has 0 heterocycles. The van der Waals surface area contributed by atoms with Gasteiger partial charge in [-0.2, -0.15) is 0 Å². The van der Waals surface area contributed by atoms with Crippen molar-refractivity contribution in [3.05, 3.63) is 21.9 Å². The Morgan fingerprint density at radius 2 is 1.93 bits per heavy atom. The van der Waals surface area contributed by atoms with Gasteiger partial charge >= 0.3 is 0 Å². The molecule has 0 atom stereocenters. The van der Waals surface area contributed by atoms with Gasteiger partial charge in [0.05, 0.1) is 4.92 Å². The van der Waals surface area contributed by atoms with E-state index in [1.165, 1.54) is 25.7 Å². The summed E-state index contributed by atoms with van der Waals surface area (Å²) in [5.41, 5.74) is 0.400. The van der Waals surface area contributed by atoms with Crippen LogP contribution in [0.4, 0.5) is 0 Å². The summed E-state index contributed by atoms with van der Waals surface area (Å²) < 4.78 is 0. The average molecular weight is 197 g/mol. The van der Waals surface area contributed by atoms with Crippen LogP contribution in [0.1, 0.15) is 51.9 Å². The number of allylic oxidation sites excluding steroid dienone is 2. The van der Waals surface area contributed by atoms with Gasteiger partial charge in [-0.25, -0.2) is 0 Å². The van der Waals surface area contributed by atoms with Crippen LogP contribution < -0.4 is 0 Å². The van der Waals surface area contributed by atoms with Gasteiger partial charge in [0.15, 0.2) is 0 Å². The Labute approximate surface area is 85.3 Å². The van der Waals surface area contributed by atoms with Crippen LogP contribution >= 0.6 is 0 Å². The number of rotatable bonds is 3. The third-order valence-electron chi connectivity index (χ3n) is 2.92. The minimum absolute atomic E-state index is 0.231. The van der Waals surface area contributed by atoms with Crippen molar-refractivity contribution in [2.45, 2.75) is 51.9 Å². The smallest absolute Gasteiger partial charge is 0.242 e. The van der Waals surface area contributed by atoms with E-state index in [4.69, 9.17) is 0 Å². The summed E-state index contributed by atoms with van der Waals surface area (Å²) >= 11 is 0. The maximum atomic E-state index is 10.6. The third kappa shape index (κ3) is 3.48. The van der Waals surface area contributed by atoms with E-state index in [2.05, 4.69) is 0 Å². The third-order valence-corrected chi connectivity index (χ3v) is 2.92. The molecule has 1 aliphatic carbocycles. The first-order valence-corrected chi connectivity index (χ1v) is 5.59. The molecule has 14 heavy (non-hydrogen) atoms. The molecule has 1 fully saturated rings. The quantitative estimate of drug-likeness (QED) is 0.394. The number of nitrogens with zero attached hydrogens (tertiary/aromatic N) is 1. The lowest BCUT2D eigenvalue weighted by Crippen LogP contribution is -2.02. The van der Waals surface area contributed by atoms with Gasteiger partial charge in [0.1, 0.15) is 0 Å². The van der Waals surface area contributed by atoms with Crippen LogP contribution in [-0.4, -0.2) is 4.92 Å². The summed E-state index contributed by atoms with van der Waals surface area (Å²) in [4.78, 5) is 10.4. The van der Waals surface area contributed by atoms with Crippen LogP contribution in [0.15, 0.2) is 11.8 Å². The minimum atomic E-state index is -0.231. The van der Waals surface area contributed by atoms with Crippen LogP contribution in [0.2, 0.25) is 0 Å². The van der Waals surface area contributed by atoms with E-state index in [0.29, 0.717) is 18.0 Å². The highest BCUT2D eigenvalue weighted by molar-refractivity contribution is 4.95.